The molecule has 0 saturated heterocycles. The highest BCUT2D eigenvalue weighted by molar-refractivity contribution is 5.90. The fraction of sp³-hybridized carbons (Fsp3) is 0.167. The molecule has 0 aliphatic heterocycles. The van der Waals surface area contributed by atoms with Gasteiger partial charge in [0.2, 0.25) is 5.76 Å². The van der Waals surface area contributed by atoms with E-state index in [0.29, 0.717) is 12.3 Å². The molecular formula is C12H12N2O3. The smallest absolute Gasteiger partial charge is 0.313 e. The first-order valence-electron chi connectivity index (χ1n) is 5.15. The van der Waals surface area contributed by atoms with E-state index in [0.717, 1.165) is 5.56 Å². The number of nitrogens with one attached hydrogen (secondary N) is 1. The van der Waals surface area contributed by atoms with Crippen LogP contribution in [0.3, 0.4) is 0 Å². The summed E-state index contributed by atoms with van der Waals surface area (Å²) in [4.78, 5) is 16.5. The van der Waals surface area contributed by atoms with Crippen molar-refractivity contribution in [2.45, 2.75) is 13.5 Å². The van der Waals surface area contributed by atoms with Crippen LogP contribution in [-0.2, 0) is 11.4 Å². The maximum absolute atomic E-state index is 11.5. The van der Waals surface area contributed by atoms with E-state index < -0.39 is 5.91 Å². The molecule has 88 valence electrons. The zero-order valence-corrected chi connectivity index (χ0v) is 9.34. The van der Waals surface area contributed by atoms with Crippen LogP contribution in [0, 0.1) is 6.92 Å². The number of aryl methyl sites for hydroxylation is 1. The second-order valence-corrected chi connectivity index (χ2v) is 3.54. The average Bonchev–Trinajstić information content (AvgIpc) is 2.77. The predicted molar refractivity (Wildman–Crippen MR) is 59.9 cm³/mol. The van der Waals surface area contributed by atoms with Crippen molar-refractivity contribution in [2.24, 2.45) is 0 Å². The summed E-state index contributed by atoms with van der Waals surface area (Å²) < 4.78 is 4.79. The maximum Gasteiger partial charge on any atom is 0.313 e. The van der Waals surface area contributed by atoms with Crippen molar-refractivity contribution < 1.29 is 14.2 Å². The van der Waals surface area contributed by atoms with Crippen molar-refractivity contribution in [3.63, 3.8) is 0 Å². The SMILES string of the molecule is Cc1cc(C(=O)NOCc2ccccc2)on1. The zero-order chi connectivity index (χ0) is 12.1. The number of hydroxylamine groups is 1. The first-order chi connectivity index (χ1) is 8.25. The number of carbonyl (C=O) groups is 1. The number of hydrogen-bond donors (Lipinski definition) is 1. The van der Waals surface area contributed by atoms with Gasteiger partial charge in [-0.05, 0) is 12.5 Å². The zero-order valence-electron chi connectivity index (χ0n) is 9.34. The van der Waals surface area contributed by atoms with Gasteiger partial charge in [-0.2, -0.15) is 0 Å². The molecule has 1 aromatic heterocycles. The molecule has 0 aliphatic carbocycles. The summed E-state index contributed by atoms with van der Waals surface area (Å²) in [6, 6.07) is 11.1. The Balaban J connectivity index is 1.81. The maximum atomic E-state index is 11.5. The molecule has 0 unspecified atom stereocenters. The van der Waals surface area contributed by atoms with E-state index in [2.05, 4.69) is 10.6 Å². The fourth-order valence-corrected chi connectivity index (χ4v) is 1.28. The van der Waals surface area contributed by atoms with Gasteiger partial charge in [0, 0.05) is 6.07 Å². The number of benzene rings is 1. The molecule has 0 fully saturated rings. The van der Waals surface area contributed by atoms with Crippen LogP contribution in [0.1, 0.15) is 21.8 Å². The van der Waals surface area contributed by atoms with Gasteiger partial charge in [0.15, 0.2) is 0 Å². The Morgan fingerprint density at radius 3 is 2.82 bits per heavy atom. The van der Waals surface area contributed by atoms with E-state index in [-0.39, 0.29) is 5.76 Å². The molecule has 0 atom stereocenters. The van der Waals surface area contributed by atoms with Gasteiger partial charge in [-0.25, -0.2) is 5.48 Å². The van der Waals surface area contributed by atoms with Crippen LogP contribution in [0.25, 0.3) is 0 Å². The monoisotopic (exact) mass is 232 g/mol. The first kappa shape index (κ1) is 11.3. The minimum atomic E-state index is -0.443. The van der Waals surface area contributed by atoms with Crippen LogP contribution in [-0.4, -0.2) is 11.1 Å². The van der Waals surface area contributed by atoms with Gasteiger partial charge in [0.1, 0.15) is 0 Å². The van der Waals surface area contributed by atoms with E-state index in [1.165, 1.54) is 0 Å². The summed E-state index contributed by atoms with van der Waals surface area (Å²) in [5.74, 6) is -0.308. The summed E-state index contributed by atoms with van der Waals surface area (Å²) in [5, 5.41) is 3.61. The summed E-state index contributed by atoms with van der Waals surface area (Å²) in [5.41, 5.74) is 3.91. The molecule has 0 spiro atoms. The molecule has 0 aliphatic rings. The number of hydrogen-bond acceptors (Lipinski definition) is 4. The van der Waals surface area contributed by atoms with Crippen LogP contribution in [0.5, 0.6) is 0 Å². The standard InChI is InChI=1S/C12H12N2O3/c1-9-7-11(17-13-9)12(15)14-16-8-10-5-3-2-4-6-10/h2-7H,8H2,1H3,(H,14,15). The number of aromatic nitrogens is 1. The van der Waals surface area contributed by atoms with E-state index in [1.54, 1.807) is 13.0 Å². The Hall–Kier alpha value is -2.14. The molecule has 1 aromatic carbocycles. The van der Waals surface area contributed by atoms with Crippen LogP contribution < -0.4 is 5.48 Å². The minimum Gasteiger partial charge on any atom is -0.351 e. The molecule has 17 heavy (non-hydrogen) atoms. The Bertz CT molecular complexity index is 493. The van der Waals surface area contributed by atoms with Crippen molar-refractivity contribution in [1.82, 2.24) is 10.6 Å². The van der Waals surface area contributed by atoms with E-state index in [1.807, 2.05) is 30.3 Å². The second-order valence-electron chi connectivity index (χ2n) is 3.54. The highest BCUT2D eigenvalue weighted by atomic mass is 16.7. The molecule has 2 aromatic rings. The van der Waals surface area contributed by atoms with E-state index in [9.17, 15) is 4.79 Å². The highest BCUT2D eigenvalue weighted by Crippen LogP contribution is 2.03. The summed E-state index contributed by atoms with van der Waals surface area (Å²) in [6.07, 6.45) is 0. The quantitative estimate of drug-likeness (QED) is 0.817. The minimum absolute atomic E-state index is 0.135. The molecule has 0 bridgehead atoms. The van der Waals surface area contributed by atoms with Crippen molar-refractivity contribution in [1.29, 1.82) is 0 Å². The number of carbonyl (C=O) groups excluding carboxylic acids is 1. The van der Waals surface area contributed by atoms with Crippen molar-refractivity contribution in [3.8, 4) is 0 Å². The lowest BCUT2D eigenvalue weighted by molar-refractivity contribution is 0.0206. The predicted octanol–water partition coefficient (Wildman–Crippen LogP) is 1.84. The summed E-state index contributed by atoms with van der Waals surface area (Å²) in [7, 11) is 0. The Labute approximate surface area is 98.3 Å². The third kappa shape index (κ3) is 3.15. The van der Waals surface area contributed by atoms with Gasteiger partial charge in [-0.1, -0.05) is 35.5 Å². The van der Waals surface area contributed by atoms with Gasteiger partial charge in [-0.3, -0.25) is 9.63 Å². The molecule has 0 radical (unpaired) electrons. The molecule has 1 heterocycles. The van der Waals surface area contributed by atoms with Gasteiger partial charge >= 0.3 is 5.91 Å². The Morgan fingerprint density at radius 1 is 1.41 bits per heavy atom. The topological polar surface area (TPSA) is 64.4 Å². The van der Waals surface area contributed by atoms with Crippen LogP contribution >= 0.6 is 0 Å². The highest BCUT2D eigenvalue weighted by Gasteiger charge is 2.10. The van der Waals surface area contributed by atoms with Crippen LogP contribution in [0.15, 0.2) is 40.9 Å². The van der Waals surface area contributed by atoms with E-state index in [4.69, 9.17) is 9.36 Å². The third-order valence-corrected chi connectivity index (χ3v) is 2.10. The molecule has 5 nitrogen and oxygen atoms in total. The van der Waals surface area contributed by atoms with Gasteiger partial charge in [-0.15, -0.1) is 0 Å². The van der Waals surface area contributed by atoms with E-state index >= 15 is 0 Å². The third-order valence-electron chi connectivity index (χ3n) is 2.10. The lowest BCUT2D eigenvalue weighted by Crippen LogP contribution is -2.23. The summed E-state index contributed by atoms with van der Waals surface area (Å²) in [6.45, 7) is 2.05. The van der Waals surface area contributed by atoms with Crippen LogP contribution in [0.2, 0.25) is 0 Å². The number of rotatable bonds is 4. The summed E-state index contributed by atoms with van der Waals surface area (Å²) >= 11 is 0. The molecule has 2 rings (SSSR count). The molecule has 1 amide bonds. The molecule has 1 N–H and O–H groups in total. The van der Waals surface area contributed by atoms with Crippen molar-refractivity contribution >= 4 is 5.91 Å². The Morgan fingerprint density at radius 2 is 2.18 bits per heavy atom. The molecule has 0 saturated carbocycles. The van der Waals surface area contributed by atoms with Gasteiger partial charge in [0.25, 0.3) is 0 Å². The molecule has 5 heteroatoms. The lowest BCUT2D eigenvalue weighted by Gasteiger charge is -2.03. The number of nitrogens with zero attached hydrogens (tertiary/aromatic N) is 1. The largest absolute Gasteiger partial charge is 0.351 e. The van der Waals surface area contributed by atoms with Crippen molar-refractivity contribution in [2.75, 3.05) is 0 Å². The lowest BCUT2D eigenvalue weighted by atomic mass is 10.2. The van der Waals surface area contributed by atoms with Gasteiger partial charge in [0.05, 0.1) is 12.3 Å². The number of amides is 1. The Kier molecular flexibility index (Phi) is 3.52. The molecular weight excluding hydrogens is 220 g/mol. The second kappa shape index (κ2) is 5.27. The fourth-order valence-electron chi connectivity index (χ4n) is 1.28. The van der Waals surface area contributed by atoms with Crippen LogP contribution in [0.4, 0.5) is 0 Å². The van der Waals surface area contributed by atoms with Gasteiger partial charge < -0.3 is 4.52 Å². The average molecular weight is 232 g/mol. The van der Waals surface area contributed by atoms with Crippen molar-refractivity contribution in [3.05, 3.63) is 53.4 Å². The normalized spacial score (nSPS) is 10.2. The first-order valence-corrected chi connectivity index (χ1v) is 5.15.